The lowest BCUT2D eigenvalue weighted by atomic mass is 9.88. The summed E-state index contributed by atoms with van der Waals surface area (Å²) < 4.78 is 13.5. The molecule has 0 radical (unpaired) electrons. The molecule has 0 spiro atoms. The van der Waals surface area contributed by atoms with Crippen molar-refractivity contribution in [2.24, 2.45) is 11.1 Å². The Morgan fingerprint density at radius 2 is 1.94 bits per heavy atom. The zero-order chi connectivity index (χ0) is 13.6. The minimum absolute atomic E-state index is 0.119. The van der Waals surface area contributed by atoms with E-state index in [1.54, 1.807) is 6.07 Å². The summed E-state index contributed by atoms with van der Waals surface area (Å²) in [6, 6.07) is 6.96. The van der Waals surface area contributed by atoms with Crippen molar-refractivity contribution in [2.45, 2.75) is 33.2 Å². The molecule has 0 saturated carbocycles. The fourth-order valence-corrected chi connectivity index (χ4v) is 1.93. The van der Waals surface area contributed by atoms with Gasteiger partial charge < -0.3 is 10.6 Å². The molecule has 0 aliphatic carbocycles. The van der Waals surface area contributed by atoms with Crippen LogP contribution in [0.1, 0.15) is 32.3 Å². The van der Waals surface area contributed by atoms with Crippen LogP contribution in [0.4, 0.5) is 4.39 Å². The molecule has 0 aliphatic rings. The molecular weight excluding hydrogens is 227 g/mol. The smallest absolute Gasteiger partial charge is 0.127 e. The van der Waals surface area contributed by atoms with Crippen molar-refractivity contribution in [2.75, 3.05) is 20.1 Å². The van der Waals surface area contributed by atoms with E-state index >= 15 is 0 Å². The van der Waals surface area contributed by atoms with E-state index in [4.69, 9.17) is 5.73 Å². The van der Waals surface area contributed by atoms with E-state index < -0.39 is 0 Å². The van der Waals surface area contributed by atoms with Gasteiger partial charge in [0.2, 0.25) is 0 Å². The lowest BCUT2D eigenvalue weighted by Crippen LogP contribution is -2.26. The fourth-order valence-electron chi connectivity index (χ4n) is 1.93. The molecule has 1 aromatic carbocycles. The van der Waals surface area contributed by atoms with E-state index in [0.717, 1.165) is 24.9 Å². The molecule has 1 aromatic rings. The van der Waals surface area contributed by atoms with Gasteiger partial charge in [0.25, 0.3) is 0 Å². The zero-order valence-electron chi connectivity index (χ0n) is 11.7. The van der Waals surface area contributed by atoms with Crippen molar-refractivity contribution in [3.8, 4) is 0 Å². The summed E-state index contributed by atoms with van der Waals surface area (Å²) in [5.74, 6) is -0.119. The first-order valence-electron chi connectivity index (χ1n) is 6.56. The summed E-state index contributed by atoms with van der Waals surface area (Å²) in [7, 11) is 2.03. The Morgan fingerprint density at radius 3 is 2.56 bits per heavy atom. The van der Waals surface area contributed by atoms with E-state index in [-0.39, 0.29) is 11.2 Å². The number of halogens is 1. The quantitative estimate of drug-likeness (QED) is 0.808. The average Bonchev–Trinajstić information content (AvgIpc) is 2.32. The van der Waals surface area contributed by atoms with Gasteiger partial charge in [0.15, 0.2) is 0 Å². The van der Waals surface area contributed by atoms with Crippen LogP contribution in [0.25, 0.3) is 0 Å². The number of nitrogens with two attached hydrogens (primary N) is 1. The van der Waals surface area contributed by atoms with Gasteiger partial charge in [0.1, 0.15) is 5.82 Å². The molecule has 0 bridgehead atoms. The number of benzene rings is 1. The van der Waals surface area contributed by atoms with Gasteiger partial charge in [0.05, 0.1) is 0 Å². The first-order valence-corrected chi connectivity index (χ1v) is 6.56. The Morgan fingerprint density at radius 1 is 1.28 bits per heavy atom. The summed E-state index contributed by atoms with van der Waals surface area (Å²) in [5, 5.41) is 0. The van der Waals surface area contributed by atoms with E-state index in [9.17, 15) is 4.39 Å². The fraction of sp³-hybridized carbons (Fsp3) is 0.600. The lowest BCUT2D eigenvalue weighted by molar-refractivity contribution is 0.271. The van der Waals surface area contributed by atoms with Crippen LogP contribution in [0.5, 0.6) is 0 Å². The minimum atomic E-state index is -0.119. The Labute approximate surface area is 110 Å². The van der Waals surface area contributed by atoms with Crippen LogP contribution in [0.2, 0.25) is 0 Å². The third-order valence-electron chi connectivity index (χ3n) is 3.34. The summed E-state index contributed by atoms with van der Waals surface area (Å²) in [5.41, 5.74) is 6.67. The second kappa shape index (κ2) is 6.86. The van der Waals surface area contributed by atoms with Gasteiger partial charge in [0, 0.05) is 12.1 Å². The van der Waals surface area contributed by atoms with Crippen molar-refractivity contribution in [3.05, 3.63) is 35.6 Å². The number of rotatable bonds is 7. The van der Waals surface area contributed by atoms with Crippen molar-refractivity contribution in [1.29, 1.82) is 0 Å². The highest BCUT2D eigenvalue weighted by atomic mass is 19.1. The Bertz CT molecular complexity index is 363. The maximum absolute atomic E-state index is 13.5. The SMILES string of the molecule is CN(CCCC(C)(C)CN)Cc1ccccc1F. The molecule has 0 amide bonds. The predicted molar refractivity (Wildman–Crippen MR) is 74.8 cm³/mol. The van der Waals surface area contributed by atoms with E-state index in [1.807, 2.05) is 19.2 Å². The summed E-state index contributed by atoms with van der Waals surface area (Å²) >= 11 is 0. The minimum Gasteiger partial charge on any atom is -0.330 e. The predicted octanol–water partition coefficient (Wildman–Crippen LogP) is 3.02. The lowest BCUT2D eigenvalue weighted by Gasteiger charge is -2.24. The van der Waals surface area contributed by atoms with Gasteiger partial charge in [-0.1, -0.05) is 32.0 Å². The number of hydrogen-bond acceptors (Lipinski definition) is 2. The van der Waals surface area contributed by atoms with Crippen molar-refractivity contribution >= 4 is 0 Å². The first kappa shape index (κ1) is 15.1. The molecule has 2 nitrogen and oxygen atoms in total. The van der Waals surface area contributed by atoms with Crippen molar-refractivity contribution < 1.29 is 4.39 Å². The van der Waals surface area contributed by atoms with Crippen LogP contribution in [-0.2, 0) is 6.54 Å². The molecule has 0 aromatic heterocycles. The molecule has 0 fully saturated rings. The van der Waals surface area contributed by atoms with E-state index in [1.165, 1.54) is 6.07 Å². The molecule has 1 rings (SSSR count). The van der Waals surface area contributed by atoms with Gasteiger partial charge in [-0.3, -0.25) is 0 Å². The molecule has 0 heterocycles. The Balaban J connectivity index is 2.34. The van der Waals surface area contributed by atoms with Crippen LogP contribution >= 0.6 is 0 Å². The van der Waals surface area contributed by atoms with Crippen LogP contribution in [0, 0.1) is 11.2 Å². The van der Waals surface area contributed by atoms with Gasteiger partial charge in [-0.25, -0.2) is 4.39 Å². The van der Waals surface area contributed by atoms with Crippen molar-refractivity contribution in [3.63, 3.8) is 0 Å². The highest BCUT2D eigenvalue weighted by molar-refractivity contribution is 5.16. The molecule has 0 atom stereocenters. The van der Waals surface area contributed by atoms with Gasteiger partial charge >= 0.3 is 0 Å². The van der Waals surface area contributed by atoms with Crippen molar-refractivity contribution in [1.82, 2.24) is 4.90 Å². The third-order valence-corrected chi connectivity index (χ3v) is 3.34. The van der Waals surface area contributed by atoms with Crippen LogP contribution in [-0.4, -0.2) is 25.0 Å². The molecular formula is C15H25FN2. The third kappa shape index (κ3) is 5.15. The molecule has 3 heteroatoms. The summed E-state index contributed by atoms with van der Waals surface area (Å²) in [6.45, 7) is 6.71. The van der Waals surface area contributed by atoms with Crippen LogP contribution < -0.4 is 5.73 Å². The Kier molecular flexibility index (Phi) is 5.76. The topological polar surface area (TPSA) is 29.3 Å². The zero-order valence-corrected chi connectivity index (χ0v) is 11.7. The van der Waals surface area contributed by atoms with E-state index in [2.05, 4.69) is 18.7 Å². The first-order chi connectivity index (χ1) is 8.44. The summed E-state index contributed by atoms with van der Waals surface area (Å²) in [4.78, 5) is 2.16. The van der Waals surface area contributed by atoms with Gasteiger partial charge in [-0.05, 0) is 44.5 Å². The van der Waals surface area contributed by atoms with E-state index in [0.29, 0.717) is 13.1 Å². The number of hydrogen-bond donors (Lipinski definition) is 1. The highest BCUT2D eigenvalue weighted by Crippen LogP contribution is 2.20. The molecule has 0 saturated heterocycles. The molecule has 0 aliphatic heterocycles. The maximum atomic E-state index is 13.5. The largest absolute Gasteiger partial charge is 0.330 e. The highest BCUT2D eigenvalue weighted by Gasteiger charge is 2.15. The van der Waals surface area contributed by atoms with Gasteiger partial charge in [-0.2, -0.15) is 0 Å². The second-order valence-corrected chi connectivity index (χ2v) is 5.80. The normalized spacial score (nSPS) is 12.1. The van der Waals surface area contributed by atoms with Gasteiger partial charge in [-0.15, -0.1) is 0 Å². The maximum Gasteiger partial charge on any atom is 0.127 e. The molecule has 18 heavy (non-hydrogen) atoms. The molecule has 102 valence electrons. The van der Waals surface area contributed by atoms with Crippen LogP contribution in [0.15, 0.2) is 24.3 Å². The standard InChI is InChI=1S/C15H25FN2/c1-15(2,12-17)9-6-10-18(3)11-13-7-4-5-8-14(13)16/h4-5,7-8H,6,9-12,17H2,1-3H3. The average molecular weight is 252 g/mol. The van der Waals surface area contributed by atoms with Crippen LogP contribution in [0.3, 0.4) is 0 Å². The monoisotopic (exact) mass is 252 g/mol. The second-order valence-electron chi connectivity index (χ2n) is 5.80. The molecule has 2 N–H and O–H groups in total. The summed E-state index contributed by atoms with van der Waals surface area (Å²) in [6.07, 6.45) is 2.19. The molecule has 0 unspecified atom stereocenters. The number of nitrogens with zero attached hydrogens (tertiary/aromatic N) is 1. The Hall–Kier alpha value is -0.930.